The molecule has 0 heterocycles. The van der Waals surface area contributed by atoms with Crippen molar-refractivity contribution >= 4 is 101 Å². The molecule has 0 aromatic heterocycles. The van der Waals surface area contributed by atoms with Gasteiger partial charge in [-0.05, 0) is 0 Å². The SMILES string of the molecule is Cc1cc2c(cc1C(C)(C)C)-c1cc(C(C)(C)C)c(C)[c]([Zr]([C]3=CC=CC3)=[C](c3ccc(C(Cl)(Cl)Cl)cc3)c3ccc(C(Cl)(Cl)Cl)cc3)c1C2.Cl.Cl. The van der Waals surface area contributed by atoms with Crippen LogP contribution in [-0.2, 0) is 46.1 Å². The van der Waals surface area contributed by atoms with Crippen molar-refractivity contribution in [2.75, 3.05) is 0 Å². The zero-order valence-corrected chi connectivity index (χ0v) is 39.2. The van der Waals surface area contributed by atoms with Crippen molar-refractivity contribution in [3.8, 4) is 11.1 Å². The Hall–Kier alpha value is -0.567. The van der Waals surface area contributed by atoms with E-state index in [9.17, 15) is 0 Å². The smallest absolute Gasteiger partial charge is 0.147 e. The molecule has 0 fully saturated rings. The summed E-state index contributed by atoms with van der Waals surface area (Å²) in [6.45, 7) is 18.6. The van der Waals surface area contributed by atoms with Crippen LogP contribution in [0.4, 0.5) is 0 Å². The Morgan fingerprint density at radius 2 is 1.12 bits per heavy atom. The molecule has 0 aliphatic heterocycles. The van der Waals surface area contributed by atoms with Gasteiger partial charge in [0.1, 0.15) is 0 Å². The van der Waals surface area contributed by atoms with Gasteiger partial charge in [-0.3, -0.25) is 0 Å². The quantitative estimate of drug-likeness (QED) is 0.158. The van der Waals surface area contributed by atoms with E-state index in [1.165, 1.54) is 51.0 Å². The van der Waals surface area contributed by atoms with Gasteiger partial charge in [-0.2, -0.15) is 0 Å². The minimum atomic E-state index is -3.06. The fourth-order valence-electron chi connectivity index (χ4n) is 7.73. The van der Waals surface area contributed by atoms with Crippen molar-refractivity contribution in [1.29, 1.82) is 0 Å². The van der Waals surface area contributed by atoms with E-state index in [-0.39, 0.29) is 35.6 Å². The maximum Gasteiger partial charge on any atom is -0.147 e. The largest absolute Gasteiger partial charge is 0.147 e. The van der Waals surface area contributed by atoms with Gasteiger partial charge in [0.05, 0.1) is 0 Å². The van der Waals surface area contributed by atoms with Crippen LogP contribution in [0.3, 0.4) is 0 Å². The summed E-state index contributed by atoms with van der Waals surface area (Å²) in [4.78, 5) is 0. The first-order valence-electron chi connectivity index (χ1n) is 16.9. The van der Waals surface area contributed by atoms with Crippen molar-refractivity contribution in [2.24, 2.45) is 0 Å². The van der Waals surface area contributed by atoms with Crippen LogP contribution in [0.1, 0.15) is 104 Å². The second-order valence-corrected chi connectivity index (χ2v) is 26.1. The molecule has 0 N–H and O–H groups in total. The molecule has 6 rings (SSSR count). The van der Waals surface area contributed by atoms with Crippen molar-refractivity contribution in [2.45, 2.75) is 86.6 Å². The molecule has 4 aromatic carbocycles. The Morgan fingerprint density at radius 1 is 0.635 bits per heavy atom. The molecule has 9 heteroatoms. The number of alkyl halides is 6. The van der Waals surface area contributed by atoms with E-state index in [1.807, 2.05) is 24.3 Å². The average Bonchev–Trinajstić information content (AvgIpc) is 3.66. The van der Waals surface area contributed by atoms with Gasteiger partial charge in [-0.15, -0.1) is 24.8 Å². The Labute approximate surface area is 360 Å². The first kappa shape index (κ1) is 44.2. The van der Waals surface area contributed by atoms with Crippen LogP contribution in [0.25, 0.3) is 11.1 Å². The summed E-state index contributed by atoms with van der Waals surface area (Å²) >= 11 is 35.0. The molecule has 0 saturated carbocycles. The van der Waals surface area contributed by atoms with E-state index in [0.717, 1.165) is 24.0 Å². The predicted molar refractivity (Wildman–Crippen MR) is 232 cm³/mol. The molecule has 0 spiro atoms. The third-order valence-electron chi connectivity index (χ3n) is 10.0. The minimum absolute atomic E-state index is 0. The summed E-state index contributed by atoms with van der Waals surface area (Å²) < 4.78 is 1.41. The third kappa shape index (κ3) is 8.86. The maximum atomic E-state index is 6.35. The van der Waals surface area contributed by atoms with Gasteiger partial charge in [0.15, 0.2) is 0 Å². The van der Waals surface area contributed by atoms with Gasteiger partial charge in [0.2, 0.25) is 0 Å². The molecule has 0 nitrogen and oxygen atoms in total. The van der Waals surface area contributed by atoms with E-state index in [2.05, 4.69) is 116 Å². The standard InChI is InChI=1S/C23H29.C15H8Cl6.C5H5.2ClH.Zr/c1-14-9-16-11-17-10-15(2)21(23(6,7)8)13-19(17)18(16)12-20(14)22(3,4)5;16-14(17,18)12-5-1-10(2-6-12)9-11-3-7-13(8-4-11)15(19,20)21;1-2-4-5-3-1;;;/h9,12-13H,11H2,1-8H3;1-8H;1-3H,4H2;2*1H;. The van der Waals surface area contributed by atoms with Crippen LogP contribution in [0.2, 0.25) is 0 Å². The predicted octanol–water partition coefficient (Wildman–Crippen LogP) is 14.3. The maximum absolute atomic E-state index is 6.35. The van der Waals surface area contributed by atoms with E-state index >= 15 is 0 Å². The summed E-state index contributed by atoms with van der Waals surface area (Å²) in [7, 11) is 0. The van der Waals surface area contributed by atoms with Crippen LogP contribution in [0, 0.1) is 13.8 Å². The number of hydrogen-bond acceptors (Lipinski definition) is 0. The first-order valence-corrected chi connectivity index (χ1v) is 22.9. The van der Waals surface area contributed by atoms with Crippen molar-refractivity contribution in [3.63, 3.8) is 0 Å². The zero-order valence-electron chi connectivity index (χ0n) is 30.6. The van der Waals surface area contributed by atoms with Gasteiger partial charge in [-0.25, -0.2) is 0 Å². The van der Waals surface area contributed by atoms with Gasteiger partial charge >= 0.3 is 339 Å². The topological polar surface area (TPSA) is 0 Å². The zero-order chi connectivity index (χ0) is 36.6. The number of aryl methyl sites for hydroxylation is 1. The van der Waals surface area contributed by atoms with E-state index < -0.39 is 28.9 Å². The monoisotopic (exact) mass is 930 g/mol. The average molecular weight is 936 g/mol. The molecule has 0 unspecified atom stereocenters. The van der Waals surface area contributed by atoms with Gasteiger partial charge in [-0.1, -0.05) is 0 Å². The Balaban J connectivity index is 0.00000302. The minimum Gasteiger partial charge on any atom is -0.147 e. The summed E-state index contributed by atoms with van der Waals surface area (Å²) in [5, 5.41) is 0. The molecule has 52 heavy (non-hydrogen) atoms. The van der Waals surface area contributed by atoms with Crippen molar-refractivity contribution in [1.82, 2.24) is 0 Å². The molecule has 4 aromatic rings. The molecule has 0 amide bonds. The van der Waals surface area contributed by atoms with E-state index in [1.54, 1.807) is 3.27 Å². The summed E-state index contributed by atoms with van der Waals surface area (Å²) in [5.41, 5.74) is 14.7. The first-order chi connectivity index (χ1) is 23.2. The van der Waals surface area contributed by atoms with E-state index in [4.69, 9.17) is 69.6 Å². The summed E-state index contributed by atoms with van der Waals surface area (Å²) in [6, 6.07) is 23.7. The molecular formula is C43H44Cl8Zr. The van der Waals surface area contributed by atoms with Crippen molar-refractivity contribution < 1.29 is 21.3 Å². The number of halogens is 8. The number of benzene rings is 4. The van der Waals surface area contributed by atoms with Crippen molar-refractivity contribution in [3.05, 3.63) is 144 Å². The van der Waals surface area contributed by atoms with Crippen LogP contribution >= 0.6 is 94.4 Å². The van der Waals surface area contributed by atoms with Crippen LogP contribution < -0.4 is 3.27 Å². The molecule has 276 valence electrons. The molecule has 0 radical (unpaired) electrons. The molecule has 2 aliphatic rings. The summed E-state index contributed by atoms with van der Waals surface area (Å²) in [5.74, 6) is 0. The number of allylic oxidation sites excluding steroid dienone is 4. The van der Waals surface area contributed by atoms with Gasteiger partial charge in [0, 0.05) is 0 Å². The fraction of sp³-hybridized carbons (Fsp3) is 0.326. The van der Waals surface area contributed by atoms with Crippen LogP contribution in [0.5, 0.6) is 0 Å². The second-order valence-electron chi connectivity index (χ2n) is 15.7. The Kier molecular flexibility index (Phi) is 13.7. The molecule has 2 aliphatic carbocycles. The second kappa shape index (κ2) is 16.1. The van der Waals surface area contributed by atoms with Gasteiger partial charge in [0.25, 0.3) is 0 Å². The Morgan fingerprint density at radius 3 is 1.54 bits per heavy atom. The number of hydrogen-bond donors (Lipinski definition) is 0. The summed E-state index contributed by atoms with van der Waals surface area (Å²) in [6.07, 6.45) is 8.75. The third-order valence-corrected chi connectivity index (χ3v) is 19.4. The van der Waals surface area contributed by atoms with Crippen LogP contribution in [0.15, 0.2) is 88.2 Å². The van der Waals surface area contributed by atoms with Crippen LogP contribution in [-0.4, -0.2) is 3.21 Å². The number of rotatable bonds is 4. The molecule has 0 atom stereocenters. The fourth-order valence-corrected chi connectivity index (χ4v) is 16.9. The molecular weight excluding hydrogens is 891 g/mol. The normalized spacial score (nSPS) is 13.9. The molecule has 0 saturated heterocycles. The van der Waals surface area contributed by atoms with E-state index in [0.29, 0.717) is 11.1 Å². The Bertz CT molecular complexity index is 2020. The number of fused-ring (bicyclic) bond motifs is 3. The van der Waals surface area contributed by atoms with Gasteiger partial charge < -0.3 is 0 Å². The molecule has 0 bridgehead atoms.